The van der Waals surface area contributed by atoms with Crippen LogP contribution in [0.5, 0.6) is 0 Å². The number of benzene rings is 2. The highest BCUT2D eigenvalue weighted by molar-refractivity contribution is 7.98. The Bertz CT molecular complexity index is 781. The normalized spacial score (nSPS) is 12.3. The van der Waals surface area contributed by atoms with Gasteiger partial charge in [-0.05, 0) is 25.0 Å². The zero-order valence-electron chi connectivity index (χ0n) is 14.0. The molecule has 1 heterocycles. The van der Waals surface area contributed by atoms with Gasteiger partial charge in [-0.1, -0.05) is 71.9 Å². The van der Waals surface area contributed by atoms with Gasteiger partial charge in [-0.15, -0.1) is 0 Å². The van der Waals surface area contributed by atoms with Crippen molar-refractivity contribution in [2.75, 3.05) is 0 Å². The average Bonchev–Trinajstić information content (AvgIpc) is 3.04. The van der Waals surface area contributed by atoms with Crippen LogP contribution < -0.4 is 0 Å². The maximum atomic E-state index is 9.67. The van der Waals surface area contributed by atoms with E-state index in [0.29, 0.717) is 0 Å². The monoisotopic (exact) mass is 338 g/mol. The summed E-state index contributed by atoms with van der Waals surface area (Å²) in [4.78, 5) is 4.53. The number of aliphatic hydroxyl groups is 1. The molecule has 0 aliphatic carbocycles. The van der Waals surface area contributed by atoms with Crippen molar-refractivity contribution in [1.29, 1.82) is 0 Å². The van der Waals surface area contributed by atoms with Gasteiger partial charge in [-0.3, -0.25) is 0 Å². The second-order valence-corrected chi connectivity index (χ2v) is 6.86. The first kappa shape index (κ1) is 16.8. The van der Waals surface area contributed by atoms with Gasteiger partial charge in [0.1, 0.15) is 0 Å². The second kappa shape index (κ2) is 7.69. The molecule has 0 aliphatic rings. The quantitative estimate of drug-likeness (QED) is 0.668. The van der Waals surface area contributed by atoms with Crippen molar-refractivity contribution >= 4 is 11.8 Å². The van der Waals surface area contributed by atoms with E-state index in [1.54, 1.807) is 18.0 Å². The molecule has 3 aromatic rings. The van der Waals surface area contributed by atoms with Crippen molar-refractivity contribution in [2.45, 2.75) is 37.4 Å². The molecule has 3 rings (SSSR count). The summed E-state index contributed by atoms with van der Waals surface area (Å²) in [5, 5.41) is 10.6. The maximum Gasteiger partial charge on any atom is 0.169 e. The zero-order valence-corrected chi connectivity index (χ0v) is 14.8. The van der Waals surface area contributed by atoms with Gasteiger partial charge >= 0.3 is 0 Å². The molecule has 24 heavy (non-hydrogen) atoms. The van der Waals surface area contributed by atoms with E-state index in [0.717, 1.165) is 16.6 Å². The molecule has 0 saturated carbocycles. The Hall–Kier alpha value is -2.04. The minimum absolute atomic E-state index is 0.00470. The fourth-order valence-corrected chi connectivity index (χ4v) is 3.76. The summed E-state index contributed by atoms with van der Waals surface area (Å²) >= 11 is 1.71. The molecule has 0 spiro atoms. The Kier molecular flexibility index (Phi) is 5.38. The number of aromatic nitrogens is 2. The summed E-state index contributed by atoms with van der Waals surface area (Å²) in [5.74, 6) is 0.865. The van der Waals surface area contributed by atoms with Gasteiger partial charge in [0.25, 0.3) is 0 Å². The van der Waals surface area contributed by atoms with Gasteiger partial charge in [-0.2, -0.15) is 0 Å². The van der Waals surface area contributed by atoms with E-state index < -0.39 is 0 Å². The van der Waals surface area contributed by atoms with E-state index in [2.05, 4.69) is 59.8 Å². The highest BCUT2D eigenvalue weighted by Gasteiger charge is 2.17. The lowest BCUT2D eigenvalue weighted by Crippen LogP contribution is -2.11. The fourth-order valence-electron chi connectivity index (χ4n) is 2.73. The highest BCUT2D eigenvalue weighted by atomic mass is 32.2. The largest absolute Gasteiger partial charge is 0.390 e. The van der Waals surface area contributed by atoms with Crippen molar-refractivity contribution in [3.63, 3.8) is 0 Å². The third-order valence-corrected chi connectivity index (χ3v) is 5.20. The zero-order chi connectivity index (χ0) is 16.9. The molecule has 0 fully saturated rings. The molecule has 0 aliphatic heterocycles. The number of thioether (sulfide) groups is 1. The van der Waals surface area contributed by atoms with Crippen LogP contribution in [0.3, 0.4) is 0 Å². The minimum Gasteiger partial charge on any atom is -0.390 e. The van der Waals surface area contributed by atoms with E-state index in [1.807, 2.05) is 18.2 Å². The topological polar surface area (TPSA) is 38.1 Å². The van der Waals surface area contributed by atoms with Crippen molar-refractivity contribution in [2.24, 2.45) is 0 Å². The third kappa shape index (κ3) is 3.71. The van der Waals surface area contributed by atoms with Crippen LogP contribution in [0.4, 0.5) is 0 Å². The smallest absolute Gasteiger partial charge is 0.169 e. The molecule has 124 valence electrons. The Morgan fingerprint density at radius 1 is 1.08 bits per heavy atom. The van der Waals surface area contributed by atoms with Crippen LogP contribution in [0.1, 0.15) is 35.3 Å². The number of rotatable bonds is 6. The molecule has 3 nitrogen and oxygen atoms in total. The van der Waals surface area contributed by atoms with Crippen molar-refractivity contribution < 1.29 is 5.11 Å². The Labute approximate surface area is 147 Å². The van der Waals surface area contributed by atoms with E-state index in [4.69, 9.17) is 0 Å². The molecule has 1 aromatic heterocycles. The Balaban J connectivity index is 1.83. The number of imidazole rings is 1. The van der Waals surface area contributed by atoms with Crippen LogP contribution >= 0.6 is 11.8 Å². The first-order valence-electron chi connectivity index (χ1n) is 8.09. The predicted molar refractivity (Wildman–Crippen MR) is 99.1 cm³/mol. The van der Waals surface area contributed by atoms with Crippen molar-refractivity contribution in [3.05, 3.63) is 83.2 Å². The van der Waals surface area contributed by atoms with Gasteiger partial charge in [0.05, 0.1) is 24.5 Å². The third-order valence-electron chi connectivity index (χ3n) is 4.16. The lowest BCUT2D eigenvalue weighted by atomic mass is 10.1. The van der Waals surface area contributed by atoms with Crippen molar-refractivity contribution in [1.82, 2.24) is 9.55 Å². The number of hydrogen-bond donors (Lipinski definition) is 1. The molecule has 2 aromatic carbocycles. The summed E-state index contributed by atoms with van der Waals surface area (Å²) < 4.78 is 2.13. The Morgan fingerprint density at radius 3 is 2.46 bits per heavy atom. The van der Waals surface area contributed by atoms with Crippen molar-refractivity contribution in [3.8, 4) is 0 Å². The summed E-state index contributed by atoms with van der Waals surface area (Å²) in [5.41, 5.74) is 4.60. The van der Waals surface area contributed by atoms with Crippen LogP contribution in [0.15, 0.2) is 66.0 Å². The standard InChI is InChI=1S/C20H22N2OS/c1-15-8-10-17(11-9-15)14-24-20-21-12-19(13-23)22(20)16(2)18-6-4-3-5-7-18/h3-12,16,23H,13-14H2,1-2H3/t16-/m0/s1. The molecule has 0 amide bonds. The average molecular weight is 338 g/mol. The lowest BCUT2D eigenvalue weighted by Gasteiger charge is -2.19. The molecule has 1 atom stereocenters. The summed E-state index contributed by atoms with van der Waals surface area (Å²) in [6, 6.07) is 19.0. The fraction of sp³-hybridized carbons (Fsp3) is 0.250. The van der Waals surface area contributed by atoms with Gasteiger partial charge in [0.2, 0.25) is 0 Å². The van der Waals surface area contributed by atoms with Crippen LogP contribution in [0, 0.1) is 6.92 Å². The SMILES string of the molecule is Cc1ccc(CSc2ncc(CO)n2[C@@H](C)c2ccccc2)cc1. The summed E-state index contributed by atoms with van der Waals surface area (Å²) in [6.45, 7) is 4.24. The van der Waals surface area contributed by atoms with E-state index in [1.165, 1.54) is 16.7 Å². The maximum absolute atomic E-state index is 9.67. The number of hydrogen-bond acceptors (Lipinski definition) is 3. The van der Waals surface area contributed by atoms with Crippen LogP contribution in [0.25, 0.3) is 0 Å². The van der Waals surface area contributed by atoms with E-state index >= 15 is 0 Å². The molecular formula is C20H22N2OS. The molecular weight excluding hydrogens is 316 g/mol. The number of aliphatic hydroxyl groups excluding tert-OH is 1. The summed E-state index contributed by atoms with van der Waals surface area (Å²) in [6.07, 6.45) is 1.77. The van der Waals surface area contributed by atoms with Crippen LogP contribution in [0.2, 0.25) is 0 Å². The number of aryl methyl sites for hydroxylation is 1. The van der Waals surface area contributed by atoms with Gasteiger partial charge in [-0.25, -0.2) is 4.98 Å². The summed E-state index contributed by atoms with van der Waals surface area (Å²) in [7, 11) is 0. The molecule has 1 N–H and O–H groups in total. The second-order valence-electron chi connectivity index (χ2n) is 5.92. The van der Waals surface area contributed by atoms with Crippen LogP contribution in [-0.2, 0) is 12.4 Å². The molecule has 0 radical (unpaired) electrons. The van der Waals surface area contributed by atoms with E-state index in [-0.39, 0.29) is 12.6 Å². The first-order chi connectivity index (χ1) is 11.7. The van der Waals surface area contributed by atoms with Crippen LogP contribution in [-0.4, -0.2) is 14.7 Å². The van der Waals surface area contributed by atoms with Gasteiger partial charge < -0.3 is 9.67 Å². The molecule has 4 heteroatoms. The lowest BCUT2D eigenvalue weighted by molar-refractivity contribution is 0.267. The van der Waals surface area contributed by atoms with E-state index in [9.17, 15) is 5.11 Å². The first-order valence-corrected chi connectivity index (χ1v) is 9.08. The molecule has 0 saturated heterocycles. The van der Waals surface area contributed by atoms with Gasteiger partial charge in [0, 0.05) is 5.75 Å². The molecule has 0 bridgehead atoms. The highest BCUT2D eigenvalue weighted by Crippen LogP contribution is 2.29. The Morgan fingerprint density at radius 2 is 1.79 bits per heavy atom. The van der Waals surface area contributed by atoms with Gasteiger partial charge in [0.15, 0.2) is 5.16 Å². The predicted octanol–water partition coefficient (Wildman–Crippen LogP) is 4.59. The number of nitrogens with zero attached hydrogens (tertiary/aromatic N) is 2. The minimum atomic E-state index is -0.00470. The molecule has 0 unspecified atom stereocenters.